The van der Waals surface area contributed by atoms with Crippen molar-refractivity contribution in [3.05, 3.63) is 66.1 Å². The highest BCUT2D eigenvalue weighted by molar-refractivity contribution is 5.92. The second-order valence-corrected chi connectivity index (χ2v) is 11.3. The summed E-state index contributed by atoms with van der Waals surface area (Å²) in [4.78, 5) is 25.9. The number of morpholine rings is 1. The third kappa shape index (κ3) is 6.58. The van der Waals surface area contributed by atoms with E-state index in [1.165, 1.54) is 12.1 Å². The fourth-order valence-corrected chi connectivity index (χ4v) is 5.93. The maximum Gasteiger partial charge on any atom is 0.222 e. The topological polar surface area (TPSA) is 102 Å². The molecule has 2 aliphatic rings. The fourth-order valence-electron chi connectivity index (χ4n) is 5.93. The lowest BCUT2D eigenvalue weighted by molar-refractivity contribution is -0.132. The molecule has 2 fully saturated rings. The average molecular weight is 590 g/mol. The first-order valence-electron chi connectivity index (χ1n) is 15.1. The quantitative estimate of drug-likeness (QED) is 0.286. The van der Waals surface area contributed by atoms with Crippen LogP contribution in [0, 0.1) is 11.6 Å². The monoisotopic (exact) mass is 589 g/mol. The van der Waals surface area contributed by atoms with Gasteiger partial charge in [0.2, 0.25) is 5.91 Å². The predicted octanol–water partition coefficient (Wildman–Crippen LogP) is 4.56. The first-order valence-corrected chi connectivity index (χ1v) is 15.1. The molecule has 0 atom stereocenters. The van der Waals surface area contributed by atoms with Gasteiger partial charge in [0.05, 0.1) is 48.4 Å². The molecule has 0 bridgehead atoms. The lowest BCUT2D eigenvalue weighted by Gasteiger charge is -2.32. The number of rotatable bonds is 9. The summed E-state index contributed by atoms with van der Waals surface area (Å²) in [5, 5.41) is 4.61. The Hall–Kier alpha value is -3.80. The number of fused-ring (bicyclic) bond motifs is 1. The molecule has 226 valence electrons. The average Bonchev–Trinajstić information content (AvgIpc) is 3.53. The highest BCUT2D eigenvalue weighted by atomic mass is 19.1. The number of amides is 1. The highest BCUT2D eigenvalue weighted by Gasteiger charge is 2.25. The van der Waals surface area contributed by atoms with E-state index in [1.807, 2.05) is 38.9 Å². The number of halogens is 2. The zero-order chi connectivity index (χ0) is 29.8. The lowest BCUT2D eigenvalue weighted by Crippen LogP contribution is -2.39. The summed E-state index contributed by atoms with van der Waals surface area (Å²) in [6.07, 6.45) is 9.33. The van der Waals surface area contributed by atoms with E-state index in [0.29, 0.717) is 80.2 Å². The predicted molar refractivity (Wildman–Crippen MR) is 160 cm³/mol. The molecule has 2 aromatic heterocycles. The van der Waals surface area contributed by atoms with Crippen molar-refractivity contribution >= 4 is 16.9 Å². The van der Waals surface area contributed by atoms with Gasteiger partial charge in [-0.25, -0.2) is 13.8 Å². The molecular formula is C32H37F2N7O2. The maximum absolute atomic E-state index is 15.2. The number of carbonyl (C=O) groups excluding carboxylic acids is 1. The van der Waals surface area contributed by atoms with Crippen molar-refractivity contribution in [2.24, 2.45) is 5.73 Å². The van der Waals surface area contributed by atoms with Crippen molar-refractivity contribution in [3.8, 4) is 22.4 Å². The van der Waals surface area contributed by atoms with E-state index in [0.717, 1.165) is 31.2 Å². The van der Waals surface area contributed by atoms with E-state index >= 15 is 8.78 Å². The van der Waals surface area contributed by atoms with Crippen LogP contribution in [0.4, 0.5) is 8.78 Å². The number of nitrogens with zero attached hydrogens (tertiary/aromatic N) is 6. The Morgan fingerprint density at radius 2 is 1.77 bits per heavy atom. The molecule has 43 heavy (non-hydrogen) atoms. The molecule has 2 N–H and O–H groups in total. The Morgan fingerprint density at radius 3 is 2.51 bits per heavy atom. The Bertz CT molecular complexity index is 1560. The van der Waals surface area contributed by atoms with E-state index in [4.69, 9.17) is 15.5 Å². The van der Waals surface area contributed by atoms with E-state index in [9.17, 15) is 4.79 Å². The van der Waals surface area contributed by atoms with Gasteiger partial charge in [-0.2, -0.15) is 5.10 Å². The highest BCUT2D eigenvalue weighted by Crippen LogP contribution is 2.32. The minimum Gasteiger partial charge on any atom is -0.379 e. The van der Waals surface area contributed by atoms with Gasteiger partial charge in [-0.15, -0.1) is 0 Å². The van der Waals surface area contributed by atoms with E-state index in [-0.39, 0.29) is 24.1 Å². The molecule has 9 nitrogen and oxygen atoms in total. The number of unbranched alkanes of at least 4 members (excludes halogenated alkanes) is 1. The molecule has 6 rings (SSSR count). The summed E-state index contributed by atoms with van der Waals surface area (Å²) < 4.78 is 37.8. The first-order chi connectivity index (χ1) is 21.0. The van der Waals surface area contributed by atoms with Gasteiger partial charge in [-0.05, 0) is 56.0 Å². The molecule has 0 unspecified atom stereocenters. The Kier molecular flexibility index (Phi) is 9.01. The van der Waals surface area contributed by atoms with Crippen LogP contribution in [0.3, 0.4) is 0 Å². The number of benzene rings is 2. The molecule has 2 aliphatic heterocycles. The van der Waals surface area contributed by atoms with Crippen molar-refractivity contribution in [3.63, 3.8) is 0 Å². The van der Waals surface area contributed by atoms with Crippen LogP contribution in [0.5, 0.6) is 0 Å². The molecule has 2 saturated heterocycles. The Balaban J connectivity index is 1.20. The van der Waals surface area contributed by atoms with Crippen molar-refractivity contribution in [1.29, 1.82) is 0 Å². The van der Waals surface area contributed by atoms with E-state index < -0.39 is 11.6 Å². The van der Waals surface area contributed by atoms with Crippen molar-refractivity contribution in [1.82, 2.24) is 29.5 Å². The van der Waals surface area contributed by atoms with Crippen LogP contribution in [-0.2, 0) is 16.1 Å². The van der Waals surface area contributed by atoms with Crippen molar-refractivity contribution < 1.29 is 18.3 Å². The normalized spacial score (nSPS) is 16.7. The summed E-state index contributed by atoms with van der Waals surface area (Å²) in [6, 6.07) is 8.42. The summed E-state index contributed by atoms with van der Waals surface area (Å²) in [5.41, 5.74) is 9.27. The SMILES string of the molecule is NCCCCC(=O)N1CCC(n2cc(-c3cnc4cccc(-c5cc(F)c(CN6CCOCC6)c(F)c5)c4n3)cn2)CC1. The van der Waals surface area contributed by atoms with Gasteiger partial charge in [0.15, 0.2) is 0 Å². The number of aromatic nitrogens is 4. The summed E-state index contributed by atoms with van der Waals surface area (Å²) in [7, 11) is 0. The standard InChI is InChI=1S/C32H37F2N7O2/c33-27-16-22(17-28(34)26(27)21-39-12-14-43-15-13-39)25-4-3-5-29-32(25)38-30(19-36-29)23-18-37-41(20-23)24-7-10-40(11-8-24)31(42)6-1-2-9-35/h3-5,16-20,24H,1-2,6-15,21,35H2. The van der Waals surface area contributed by atoms with Gasteiger partial charge >= 0.3 is 0 Å². The first kappa shape index (κ1) is 29.3. The maximum atomic E-state index is 15.2. The van der Waals surface area contributed by atoms with E-state index in [2.05, 4.69) is 10.1 Å². The third-order valence-electron chi connectivity index (χ3n) is 8.44. The number of hydrogen-bond acceptors (Lipinski definition) is 7. The lowest BCUT2D eigenvalue weighted by atomic mass is 10.0. The summed E-state index contributed by atoms with van der Waals surface area (Å²) >= 11 is 0. The summed E-state index contributed by atoms with van der Waals surface area (Å²) in [6.45, 7) is 4.65. The van der Waals surface area contributed by atoms with Crippen LogP contribution in [0.25, 0.3) is 33.4 Å². The van der Waals surface area contributed by atoms with Gasteiger partial charge in [0.1, 0.15) is 11.6 Å². The minimum absolute atomic E-state index is 0.0619. The fraction of sp³-hybridized carbons (Fsp3) is 0.438. The molecule has 4 heterocycles. The second-order valence-electron chi connectivity index (χ2n) is 11.3. The third-order valence-corrected chi connectivity index (χ3v) is 8.44. The van der Waals surface area contributed by atoms with Crippen molar-refractivity contribution in [2.45, 2.75) is 44.7 Å². The molecule has 0 spiro atoms. The van der Waals surface area contributed by atoms with E-state index in [1.54, 1.807) is 12.4 Å². The number of nitrogens with two attached hydrogens (primary N) is 1. The smallest absolute Gasteiger partial charge is 0.222 e. The Morgan fingerprint density at radius 1 is 1.00 bits per heavy atom. The van der Waals surface area contributed by atoms with Crippen LogP contribution in [0.15, 0.2) is 48.9 Å². The molecule has 0 radical (unpaired) electrons. The Labute approximate surface area is 249 Å². The molecule has 0 saturated carbocycles. The molecule has 4 aromatic rings. The minimum atomic E-state index is -0.577. The molecule has 0 aliphatic carbocycles. The zero-order valence-corrected chi connectivity index (χ0v) is 24.2. The van der Waals surface area contributed by atoms with Gasteiger partial charge in [0, 0.05) is 62.0 Å². The number of likely N-dealkylation sites (tertiary alicyclic amines) is 1. The second kappa shape index (κ2) is 13.2. The summed E-state index contributed by atoms with van der Waals surface area (Å²) in [5.74, 6) is -0.957. The van der Waals surface area contributed by atoms with Crippen molar-refractivity contribution in [2.75, 3.05) is 45.9 Å². The number of carbonyl (C=O) groups is 1. The number of ether oxygens (including phenoxy) is 1. The van der Waals surface area contributed by atoms with Gasteiger partial charge in [-0.3, -0.25) is 19.4 Å². The van der Waals surface area contributed by atoms with Crippen LogP contribution < -0.4 is 5.73 Å². The van der Waals surface area contributed by atoms with Crippen LogP contribution in [0.2, 0.25) is 0 Å². The van der Waals surface area contributed by atoms with Crippen LogP contribution in [-0.4, -0.2) is 81.4 Å². The number of hydrogen-bond donors (Lipinski definition) is 1. The van der Waals surface area contributed by atoms with Crippen LogP contribution >= 0.6 is 0 Å². The molecule has 2 aromatic carbocycles. The molecular weight excluding hydrogens is 552 g/mol. The van der Waals surface area contributed by atoms with Crippen LogP contribution in [0.1, 0.15) is 43.7 Å². The van der Waals surface area contributed by atoms with Gasteiger partial charge < -0.3 is 15.4 Å². The van der Waals surface area contributed by atoms with Gasteiger partial charge in [0.25, 0.3) is 0 Å². The zero-order valence-electron chi connectivity index (χ0n) is 24.2. The number of piperidine rings is 1. The number of para-hydroxylation sites is 1. The largest absolute Gasteiger partial charge is 0.379 e. The molecule has 1 amide bonds. The van der Waals surface area contributed by atoms with Gasteiger partial charge in [-0.1, -0.05) is 12.1 Å². The molecule has 11 heteroatoms.